The molecule has 1 amide bonds. The van der Waals surface area contributed by atoms with Gasteiger partial charge in [-0.15, -0.1) is 5.10 Å². The summed E-state index contributed by atoms with van der Waals surface area (Å²) in [4.78, 5) is 14.4. The van der Waals surface area contributed by atoms with Crippen molar-refractivity contribution >= 4 is 11.7 Å². The molecule has 2 fully saturated rings. The Morgan fingerprint density at radius 3 is 2.96 bits per heavy atom. The maximum Gasteiger partial charge on any atom is 0.251 e. The highest BCUT2D eigenvalue weighted by atomic mass is 16.5. The number of rotatable bonds is 6. The van der Waals surface area contributed by atoms with Gasteiger partial charge < -0.3 is 19.7 Å². The van der Waals surface area contributed by atoms with E-state index < -0.39 is 6.10 Å². The Morgan fingerprint density at radius 2 is 2.29 bits per heavy atom. The molecule has 0 radical (unpaired) electrons. The van der Waals surface area contributed by atoms with Crippen molar-refractivity contribution in [3.63, 3.8) is 0 Å². The van der Waals surface area contributed by atoms with E-state index in [1.807, 2.05) is 24.0 Å². The second kappa shape index (κ2) is 8.39. The number of ether oxygens (including phenoxy) is 2. The van der Waals surface area contributed by atoms with E-state index in [1.54, 1.807) is 6.20 Å². The first-order valence-electron chi connectivity index (χ1n) is 8.78. The lowest BCUT2D eigenvalue weighted by molar-refractivity contribution is -0.145. The van der Waals surface area contributed by atoms with E-state index in [9.17, 15) is 4.79 Å². The molecular weight excluding hydrogens is 308 g/mol. The van der Waals surface area contributed by atoms with Crippen LogP contribution in [0, 0.1) is 0 Å². The molecule has 1 aromatic heterocycles. The number of carbonyl (C=O) groups is 1. The molecule has 2 saturated heterocycles. The number of carbonyl (C=O) groups excluding carboxylic acids is 1. The molecule has 1 N–H and O–H groups in total. The van der Waals surface area contributed by atoms with E-state index in [1.165, 1.54) is 0 Å². The van der Waals surface area contributed by atoms with E-state index in [4.69, 9.17) is 9.47 Å². The second-order valence-electron chi connectivity index (χ2n) is 6.46. The van der Waals surface area contributed by atoms with Crippen molar-refractivity contribution < 1.29 is 14.3 Å². The summed E-state index contributed by atoms with van der Waals surface area (Å²) in [5, 5.41) is 11.3. The quantitative estimate of drug-likeness (QED) is 0.849. The van der Waals surface area contributed by atoms with E-state index in [2.05, 4.69) is 15.5 Å². The molecule has 1 aromatic rings. The summed E-state index contributed by atoms with van der Waals surface area (Å²) in [7, 11) is 0. The average molecular weight is 334 g/mol. The van der Waals surface area contributed by atoms with Crippen molar-refractivity contribution in [3.8, 4) is 0 Å². The molecule has 0 spiro atoms. The number of hydrogen-bond donors (Lipinski definition) is 1. The average Bonchev–Trinajstić information content (AvgIpc) is 3.14. The summed E-state index contributed by atoms with van der Waals surface area (Å²) in [6, 6.07) is 4.10. The number of hydrogen-bond acceptors (Lipinski definition) is 6. The third-order valence-electron chi connectivity index (χ3n) is 4.63. The summed E-state index contributed by atoms with van der Waals surface area (Å²) in [5.41, 5.74) is 0. The fraction of sp³-hybridized carbons (Fsp3) is 0.706. The van der Waals surface area contributed by atoms with Crippen LogP contribution in [0.25, 0.3) is 0 Å². The molecule has 2 aliphatic heterocycles. The Hall–Kier alpha value is -1.73. The van der Waals surface area contributed by atoms with Gasteiger partial charge >= 0.3 is 0 Å². The number of aromatic nitrogens is 2. The maximum absolute atomic E-state index is 12.5. The van der Waals surface area contributed by atoms with Crippen molar-refractivity contribution in [3.05, 3.63) is 18.3 Å². The topological polar surface area (TPSA) is 76.6 Å². The van der Waals surface area contributed by atoms with Gasteiger partial charge in [-0.05, 0) is 44.7 Å². The molecule has 0 bridgehead atoms. The van der Waals surface area contributed by atoms with Gasteiger partial charge in [-0.25, -0.2) is 0 Å². The normalized spacial score (nSPS) is 23.2. The van der Waals surface area contributed by atoms with Crippen molar-refractivity contribution in [1.82, 2.24) is 15.1 Å². The van der Waals surface area contributed by atoms with Crippen molar-refractivity contribution in [2.24, 2.45) is 0 Å². The van der Waals surface area contributed by atoms with Crippen LogP contribution >= 0.6 is 0 Å². The van der Waals surface area contributed by atoms with Gasteiger partial charge in [0.25, 0.3) is 5.91 Å². The fourth-order valence-corrected chi connectivity index (χ4v) is 3.19. The molecule has 24 heavy (non-hydrogen) atoms. The highest BCUT2D eigenvalue weighted by molar-refractivity contribution is 5.80. The predicted molar refractivity (Wildman–Crippen MR) is 89.6 cm³/mol. The molecule has 0 aliphatic carbocycles. The first kappa shape index (κ1) is 17.1. The Kier molecular flexibility index (Phi) is 5.98. The molecule has 7 nitrogen and oxygen atoms in total. The zero-order chi connectivity index (χ0) is 16.8. The first-order chi connectivity index (χ1) is 11.7. The largest absolute Gasteiger partial charge is 0.376 e. The summed E-state index contributed by atoms with van der Waals surface area (Å²) in [5.74, 6) is 0.862. The van der Waals surface area contributed by atoms with Crippen LogP contribution in [-0.2, 0) is 14.3 Å². The predicted octanol–water partition coefficient (Wildman–Crippen LogP) is 1.46. The summed E-state index contributed by atoms with van der Waals surface area (Å²) >= 11 is 0. The number of anilines is 1. The van der Waals surface area contributed by atoms with Crippen LogP contribution in [0.4, 0.5) is 5.82 Å². The van der Waals surface area contributed by atoms with Gasteiger partial charge in [-0.2, -0.15) is 5.10 Å². The van der Waals surface area contributed by atoms with Crippen LogP contribution in [0.3, 0.4) is 0 Å². The van der Waals surface area contributed by atoms with E-state index in [0.29, 0.717) is 12.6 Å². The third kappa shape index (κ3) is 4.64. The van der Waals surface area contributed by atoms with E-state index in [-0.39, 0.29) is 12.0 Å². The molecule has 2 aliphatic rings. The van der Waals surface area contributed by atoms with Crippen LogP contribution in [-0.4, -0.2) is 65.6 Å². The summed E-state index contributed by atoms with van der Waals surface area (Å²) < 4.78 is 11.2. The number of amides is 1. The van der Waals surface area contributed by atoms with Crippen LogP contribution < -0.4 is 5.32 Å². The first-order valence-corrected chi connectivity index (χ1v) is 8.78. The minimum atomic E-state index is -0.404. The number of nitrogens with zero attached hydrogens (tertiary/aromatic N) is 3. The lowest BCUT2D eigenvalue weighted by atomic mass is 10.0. The fourth-order valence-electron chi connectivity index (χ4n) is 3.19. The minimum Gasteiger partial charge on any atom is -0.376 e. The highest BCUT2D eigenvalue weighted by Gasteiger charge is 2.27. The number of piperidine rings is 1. The number of likely N-dealkylation sites (tertiary alicyclic amines) is 1. The molecule has 3 rings (SSSR count). The molecule has 0 unspecified atom stereocenters. The molecular formula is C17H26N4O3. The smallest absolute Gasteiger partial charge is 0.251 e. The SMILES string of the molecule is C[C@H](OC[C@H]1CCCO1)C(=O)N1CCC(Nc2cccnn2)CC1. The molecule has 3 heterocycles. The van der Waals surface area contributed by atoms with Crippen molar-refractivity contribution in [2.75, 3.05) is 31.6 Å². The third-order valence-corrected chi connectivity index (χ3v) is 4.63. The van der Waals surface area contributed by atoms with Gasteiger partial charge in [0.05, 0.1) is 12.7 Å². The van der Waals surface area contributed by atoms with E-state index >= 15 is 0 Å². The Morgan fingerprint density at radius 1 is 1.46 bits per heavy atom. The minimum absolute atomic E-state index is 0.0750. The highest BCUT2D eigenvalue weighted by Crippen LogP contribution is 2.17. The van der Waals surface area contributed by atoms with Gasteiger partial charge in [-0.1, -0.05) is 0 Å². The molecule has 7 heteroatoms. The second-order valence-corrected chi connectivity index (χ2v) is 6.46. The molecule has 0 saturated carbocycles. The van der Waals surface area contributed by atoms with Crippen LogP contribution in [0.1, 0.15) is 32.6 Å². The summed E-state index contributed by atoms with van der Waals surface area (Å²) in [6.45, 7) is 4.64. The lowest BCUT2D eigenvalue weighted by Crippen LogP contribution is -2.46. The van der Waals surface area contributed by atoms with Gasteiger partial charge in [0.2, 0.25) is 0 Å². The van der Waals surface area contributed by atoms with Gasteiger partial charge in [0.1, 0.15) is 11.9 Å². The standard InChI is InChI=1S/C17H26N4O3/c1-13(24-12-15-4-3-11-23-15)17(22)21-9-6-14(7-10-21)19-16-5-2-8-18-20-16/h2,5,8,13-15H,3-4,6-7,9-12H2,1H3,(H,19,20)/t13-,15+/m0/s1. The lowest BCUT2D eigenvalue weighted by Gasteiger charge is -2.34. The van der Waals surface area contributed by atoms with E-state index in [0.717, 1.165) is 51.2 Å². The van der Waals surface area contributed by atoms with Crippen molar-refractivity contribution in [1.29, 1.82) is 0 Å². The Bertz CT molecular complexity index is 514. The molecule has 132 valence electrons. The number of nitrogens with one attached hydrogen (secondary N) is 1. The van der Waals surface area contributed by atoms with Gasteiger partial charge in [0, 0.05) is 31.9 Å². The van der Waals surface area contributed by atoms with Crippen LogP contribution in [0.5, 0.6) is 0 Å². The zero-order valence-electron chi connectivity index (χ0n) is 14.2. The molecule has 2 atom stereocenters. The zero-order valence-corrected chi connectivity index (χ0v) is 14.2. The van der Waals surface area contributed by atoms with Crippen LogP contribution in [0.15, 0.2) is 18.3 Å². The van der Waals surface area contributed by atoms with Crippen molar-refractivity contribution in [2.45, 2.75) is 50.9 Å². The van der Waals surface area contributed by atoms with Gasteiger partial charge in [-0.3, -0.25) is 4.79 Å². The Balaban J connectivity index is 1.39. The van der Waals surface area contributed by atoms with Gasteiger partial charge in [0.15, 0.2) is 0 Å². The van der Waals surface area contributed by atoms with Crippen LogP contribution in [0.2, 0.25) is 0 Å². The monoisotopic (exact) mass is 334 g/mol. The molecule has 0 aromatic carbocycles. The maximum atomic E-state index is 12.5. The Labute approximate surface area is 142 Å². The summed E-state index contributed by atoms with van der Waals surface area (Å²) in [6.07, 6.45) is 5.33.